The molecule has 0 aliphatic heterocycles. The van der Waals surface area contributed by atoms with E-state index in [1.807, 2.05) is 54.6 Å². The number of carbonyl (C=O) groups is 1. The fourth-order valence-corrected chi connectivity index (χ4v) is 2.30. The van der Waals surface area contributed by atoms with Crippen molar-refractivity contribution in [1.29, 1.82) is 0 Å². The monoisotopic (exact) mass is 341 g/mol. The molecule has 2 rings (SSSR count). The molecule has 1 amide bonds. The van der Waals surface area contributed by atoms with E-state index in [1.54, 1.807) is 0 Å². The van der Waals surface area contributed by atoms with Crippen LogP contribution in [0, 0.1) is 11.8 Å². The van der Waals surface area contributed by atoms with Crippen molar-refractivity contribution in [2.24, 2.45) is 0 Å². The van der Waals surface area contributed by atoms with E-state index in [4.69, 9.17) is 0 Å². The number of benzene rings is 2. The third-order valence-electron chi connectivity index (χ3n) is 2.91. The summed E-state index contributed by atoms with van der Waals surface area (Å²) in [6.45, 7) is 0.381. The zero-order valence-electron chi connectivity index (χ0n) is 11.6. The van der Waals surface area contributed by atoms with Crippen LogP contribution in [-0.2, 0) is 11.2 Å². The van der Waals surface area contributed by atoms with Crippen LogP contribution in [-0.4, -0.2) is 12.5 Å². The van der Waals surface area contributed by atoms with Gasteiger partial charge in [-0.25, -0.2) is 0 Å². The SMILES string of the molecule is O=C(CCc1cccc(Br)c1)NCC#Cc1ccccc1. The zero-order valence-corrected chi connectivity index (χ0v) is 13.2. The van der Waals surface area contributed by atoms with Gasteiger partial charge in [0.1, 0.15) is 0 Å². The first-order chi connectivity index (χ1) is 10.2. The van der Waals surface area contributed by atoms with Crippen molar-refractivity contribution < 1.29 is 4.79 Å². The molecular formula is C18H16BrNO. The number of amides is 1. The third kappa shape index (κ3) is 5.85. The van der Waals surface area contributed by atoms with E-state index < -0.39 is 0 Å². The van der Waals surface area contributed by atoms with Crippen LogP contribution in [0.5, 0.6) is 0 Å². The molecule has 0 heterocycles. The molecule has 0 aromatic heterocycles. The number of rotatable bonds is 4. The fourth-order valence-electron chi connectivity index (χ4n) is 1.85. The summed E-state index contributed by atoms with van der Waals surface area (Å²) in [7, 11) is 0. The molecule has 0 radical (unpaired) electrons. The van der Waals surface area contributed by atoms with Crippen molar-refractivity contribution in [3.05, 3.63) is 70.2 Å². The van der Waals surface area contributed by atoms with Crippen LogP contribution in [0.4, 0.5) is 0 Å². The van der Waals surface area contributed by atoms with Crippen molar-refractivity contribution in [2.45, 2.75) is 12.8 Å². The fraction of sp³-hybridized carbons (Fsp3) is 0.167. The second-order valence-electron chi connectivity index (χ2n) is 4.57. The lowest BCUT2D eigenvalue weighted by Crippen LogP contribution is -2.23. The Kier molecular flexibility index (Phi) is 6.05. The maximum absolute atomic E-state index is 11.7. The van der Waals surface area contributed by atoms with E-state index in [1.165, 1.54) is 0 Å². The number of carbonyl (C=O) groups excluding carboxylic acids is 1. The molecule has 2 aromatic carbocycles. The van der Waals surface area contributed by atoms with Gasteiger partial charge in [0.2, 0.25) is 5.91 Å². The lowest BCUT2D eigenvalue weighted by molar-refractivity contribution is -0.120. The largest absolute Gasteiger partial charge is 0.345 e. The number of hydrogen-bond donors (Lipinski definition) is 1. The summed E-state index contributed by atoms with van der Waals surface area (Å²) in [5.74, 6) is 5.99. The van der Waals surface area contributed by atoms with Gasteiger partial charge in [0.25, 0.3) is 0 Å². The van der Waals surface area contributed by atoms with Crippen LogP contribution in [0.3, 0.4) is 0 Å². The molecule has 3 heteroatoms. The lowest BCUT2D eigenvalue weighted by atomic mass is 10.1. The average molecular weight is 342 g/mol. The number of aryl methyl sites for hydroxylation is 1. The summed E-state index contributed by atoms with van der Waals surface area (Å²) >= 11 is 3.42. The number of halogens is 1. The minimum atomic E-state index is 0.0253. The van der Waals surface area contributed by atoms with Crippen molar-refractivity contribution in [2.75, 3.05) is 6.54 Å². The van der Waals surface area contributed by atoms with Gasteiger partial charge in [-0.05, 0) is 36.2 Å². The van der Waals surface area contributed by atoms with Crippen LogP contribution in [0.15, 0.2) is 59.1 Å². The van der Waals surface area contributed by atoms with Gasteiger partial charge in [-0.1, -0.05) is 58.1 Å². The Morgan fingerprint density at radius 1 is 1.10 bits per heavy atom. The Bertz CT molecular complexity index is 656. The van der Waals surface area contributed by atoms with Gasteiger partial charge in [-0.3, -0.25) is 4.79 Å². The molecule has 0 spiro atoms. The minimum Gasteiger partial charge on any atom is -0.345 e. The summed E-state index contributed by atoms with van der Waals surface area (Å²) in [5, 5.41) is 2.81. The Balaban J connectivity index is 1.72. The summed E-state index contributed by atoms with van der Waals surface area (Å²) in [6, 6.07) is 17.7. The first kappa shape index (κ1) is 15.3. The normalized spacial score (nSPS) is 9.57. The van der Waals surface area contributed by atoms with Crippen LogP contribution in [0.2, 0.25) is 0 Å². The molecule has 106 valence electrons. The molecule has 0 atom stereocenters. The van der Waals surface area contributed by atoms with Gasteiger partial charge in [-0.2, -0.15) is 0 Å². The molecule has 0 aliphatic carbocycles. The van der Waals surface area contributed by atoms with E-state index >= 15 is 0 Å². The van der Waals surface area contributed by atoms with E-state index in [9.17, 15) is 4.79 Å². The van der Waals surface area contributed by atoms with Crippen molar-refractivity contribution in [3.63, 3.8) is 0 Å². The molecule has 2 nitrogen and oxygen atoms in total. The predicted molar refractivity (Wildman–Crippen MR) is 88.8 cm³/mol. The van der Waals surface area contributed by atoms with Gasteiger partial charge in [0.15, 0.2) is 0 Å². The average Bonchev–Trinajstić information content (AvgIpc) is 2.51. The number of hydrogen-bond acceptors (Lipinski definition) is 1. The molecule has 0 aliphatic rings. The van der Waals surface area contributed by atoms with E-state index in [0.717, 1.165) is 22.0 Å². The summed E-state index contributed by atoms with van der Waals surface area (Å²) in [4.78, 5) is 11.7. The molecule has 1 N–H and O–H groups in total. The first-order valence-electron chi connectivity index (χ1n) is 6.79. The number of nitrogens with one attached hydrogen (secondary N) is 1. The quantitative estimate of drug-likeness (QED) is 0.846. The first-order valence-corrected chi connectivity index (χ1v) is 7.58. The summed E-state index contributed by atoms with van der Waals surface area (Å²) < 4.78 is 1.04. The van der Waals surface area contributed by atoms with Gasteiger partial charge < -0.3 is 5.32 Å². The zero-order chi connectivity index (χ0) is 14.9. The van der Waals surface area contributed by atoms with Gasteiger partial charge >= 0.3 is 0 Å². The predicted octanol–water partition coefficient (Wildman–Crippen LogP) is 3.55. The minimum absolute atomic E-state index is 0.0253. The Morgan fingerprint density at radius 3 is 2.67 bits per heavy atom. The topological polar surface area (TPSA) is 29.1 Å². The van der Waals surface area contributed by atoms with E-state index in [-0.39, 0.29) is 5.91 Å². The standard InChI is InChI=1S/C18H16BrNO/c19-17-10-4-8-16(14-17)11-12-18(21)20-13-5-9-15-6-2-1-3-7-15/h1-4,6-8,10,14H,11-13H2,(H,20,21). The smallest absolute Gasteiger partial charge is 0.221 e. The highest BCUT2D eigenvalue weighted by molar-refractivity contribution is 9.10. The van der Waals surface area contributed by atoms with Crippen molar-refractivity contribution >= 4 is 21.8 Å². The van der Waals surface area contributed by atoms with Crippen LogP contribution >= 0.6 is 15.9 Å². The van der Waals surface area contributed by atoms with Crippen LogP contribution in [0.25, 0.3) is 0 Å². The molecule has 0 bridgehead atoms. The van der Waals surface area contributed by atoms with Crippen LogP contribution in [0.1, 0.15) is 17.5 Å². The second kappa shape index (κ2) is 8.28. The maximum Gasteiger partial charge on any atom is 0.221 e. The highest BCUT2D eigenvalue weighted by Gasteiger charge is 2.01. The molecule has 21 heavy (non-hydrogen) atoms. The third-order valence-corrected chi connectivity index (χ3v) is 3.40. The van der Waals surface area contributed by atoms with Crippen molar-refractivity contribution in [3.8, 4) is 11.8 Å². The van der Waals surface area contributed by atoms with Gasteiger partial charge in [0, 0.05) is 16.5 Å². The van der Waals surface area contributed by atoms with E-state index in [2.05, 4.69) is 33.1 Å². The molecule has 0 fully saturated rings. The van der Waals surface area contributed by atoms with Gasteiger partial charge in [0.05, 0.1) is 6.54 Å². The maximum atomic E-state index is 11.7. The van der Waals surface area contributed by atoms with Gasteiger partial charge in [-0.15, -0.1) is 0 Å². The molecule has 0 unspecified atom stereocenters. The Morgan fingerprint density at radius 2 is 1.90 bits per heavy atom. The molecule has 2 aromatic rings. The molecular weight excluding hydrogens is 326 g/mol. The van der Waals surface area contributed by atoms with Crippen molar-refractivity contribution in [1.82, 2.24) is 5.32 Å². The molecule has 0 saturated heterocycles. The Hall–Kier alpha value is -2.05. The second-order valence-corrected chi connectivity index (χ2v) is 5.49. The summed E-state index contributed by atoms with van der Waals surface area (Å²) in [5.41, 5.74) is 2.11. The van der Waals surface area contributed by atoms with Crippen LogP contribution < -0.4 is 5.32 Å². The molecule has 0 saturated carbocycles. The highest BCUT2D eigenvalue weighted by atomic mass is 79.9. The lowest BCUT2D eigenvalue weighted by Gasteiger charge is -2.02. The highest BCUT2D eigenvalue weighted by Crippen LogP contribution is 2.12. The Labute approximate surface area is 133 Å². The van der Waals surface area contributed by atoms with E-state index in [0.29, 0.717) is 13.0 Å². The summed E-state index contributed by atoms with van der Waals surface area (Å²) in [6.07, 6.45) is 1.21.